The Morgan fingerprint density at radius 1 is 1.14 bits per heavy atom. The van der Waals surface area contributed by atoms with E-state index in [9.17, 15) is 0 Å². The summed E-state index contributed by atoms with van der Waals surface area (Å²) >= 11 is 0. The van der Waals surface area contributed by atoms with Gasteiger partial charge in [-0.3, -0.25) is 0 Å². The zero-order valence-electron chi connectivity index (χ0n) is 9.26. The normalized spacial score (nSPS) is 16.9. The molecule has 0 aromatic rings. The molecular formula is C11H23NO2. The quantitative estimate of drug-likeness (QED) is 0.572. The number of ether oxygens (including phenoxy) is 2. The Balaban J connectivity index is 1.67. The number of nitrogens with one attached hydrogen (secondary N) is 1. The zero-order valence-corrected chi connectivity index (χ0v) is 9.26. The van der Waals surface area contributed by atoms with Crippen molar-refractivity contribution in [1.29, 1.82) is 0 Å². The Morgan fingerprint density at radius 2 is 2.00 bits per heavy atom. The third-order valence-corrected chi connectivity index (χ3v) is 2.81. The highest BCUT2D eigenvalue weighted by Gasteiger charge is 2.15. The van der Waals surface area contributed by atoms with Gasteiger partial charge >= 0.3 is 0 Å². The van der Waals surface area contributed by atoms with Crippen LogP contribution in [0.3, 0.4) is 0 Å². The van der Waals surface area contributed by atoms with Crippen LogP contribution in [0.5, 0.6) is 0 Å². The third kappa shape index (κ3) is 5.58. The Bertz CT molecular complexity index is 126. The fourth-order valence-corrected chi connectivity index (χ4v) is 1.60. The van der Waals surface area contributed by atoms with E-state index in [1.165, 1.54) is 25.7 Å². The molecule has 1 aliphatic rings. The number of hydrogen-bond donors (Lipinski definition) is 1. The molecule has 1 aliphatic carbocycles. The molecule has 0 aromatic carbocycles. The molecule has 1 saturated carbocycles. The first-order chi connectivity index (χ1) is 6.93. The molecule has 3 nitrogen and oxygen atoms in total. The summed E-state index contributed by atoms with van der Waals surface area (Å²) in [6, 6.07) is 0. The number of rotatable bonds is 9. The molecule has 84 valence electrons. The van der Waals surface area contributed by atoms with Crippen LogP contribution in [-0.2, 0) is 9.47 Å². The van der Waals surface area contributed by atoms with Crippen LogP contribution >= 0.6 is 0 Å². The maximum Gasteiger partial charge on any atom is 0.0700 e. The topological polar surface area (TPSA) is 30.5 Å². The van der Waals surface area contributed by atoms with E-state index in [-0.39, 0.29) is 0 Å². The molecular weight excluding hydrogens is 178 g/mol. The summed E-state index contributed by atoms with van der Waals surface area (Å²) in [5.74, 6) is 1.01. The van der Waals surface area contributed by atoms with E-state index in [4.69, 9.17) is 9.47 Å². The van der Waals surface area contributed by atoms with Gasteiger partial charge in [-0.2, -0.15) is 0 Å². The van der Waals surface area contributed by atoms with Gasteiger partial charge in [-0.1, -0.05) is 19.3 Å². The second kappa shape index (κ2) is 8.21. The monoisotopic (exact) mass is 201 g/mol. The van der Waals surface area contributed by atoms with Crippen LogP contribution in [-0.4, -0.2) is 40.0 Å². The molecule has 0 bridgehead atoms. The molecule has 3 heteroatoms. The van der Waals surface area contributed by atoms with Gasteiger partial charge in [0.05, 0.1) is 19.8 Å². The molecule has 1 N–H and O–H groups in total. The van der Waals surface area contributed by atoms with Crippen LogP contribution in [0, 0.1) is 5.92 Å². The zero-order chi connectivity index (χ0) is 10.1. The van der Waals surface area contributed by atoms with E-state index < -0.39 is 0 Å². The van der Waals surface area contributed by atoms with Gasteiger partial charge < -0.3 is 14.8 Å². The van der Waals surface area contributed by atoms with E-state index in [2.05, 4.69) is 5.32 Å². The third-order valence-electron chi connectivity index (χ3n) is 2.81. The lowest BCUT2D eigenvalue weighted by Crippen LogP contribution is -2.25. The van der Waals surface area contributed by atoms with E-state index in [1.54, 1.807) is 7.11 Å². The van der Waals surface area contributed by atoms with Crippen LogP contribution in [0.4, 0.5) is 0 Å². The second-order valence-electron chi connectivity index (χ2n) is 3.94. The van der Waals surface area contributed by atoms with Gasteiger partial charge in [-0.25, -0.2) is 0 Å². The van der Waals surface area contributed by atoms with E-state index >= 15 is 0 Å². The average Bonchev–Trinajstić information content (AvgIpc) is 2.13. The second-order valence-corrected chi connectivity index (χ2v) is 3.94. The maximum absolute atomic E-state index is 5.33. The Labute approximate surface area is 87.2 Å². The van der Waals surface area contributed by atoms with Crippen molar-refractivity contribution in [2.45, 2.75) is 25.7 Å². The molecule has 0 unspecified atom stereocenters. The predicted octanol–water partition coefficient (Wildman–Crippen LogP) is 1.43. The molecule has 0 atom stereocenters. The summed E-state index contributed by atoms with van der Waals surface area (Å²) in [5, 5.41) is 3.40. The van der Waals surface area contributed by atoms with Crippen molar-refractivity contribution in [3.8, 4) is 0 Å². The minimum atomic E-state index is 0.697. The van der Waals surface area contributed by atoms with Gasteiger partial charge in [0.2, 0.25) is 0 Å². The van der Waals surface area contributed by atoms with Crippen LogP contribution in [0.2, 0.25) is 0 Å². The van der Waals surface area contributed by atoms with Crippen molar-refractivity contribution in [2.24, 2.45) is 5.92 Å². The van der Waals surface area contributed by atoms with Gasteiger partial charge in [-0.05, 0) is 18.9 Å². The van der Waals surface area contributed by atoms with Crippen LogP contribution in [0.15, 0.2) is 0 Å². The number of methoxy groups -OCH3 is 1. The lowest BCUT2D eigenvalue weighted by atomic mass is 9.83. The molecule has 0 heterocycles. The summed E-state index contributed by atoms with van der Waals surface area (Å²) in [4.78, 5) is 0. The first-order valence-corrected chi connectivity index (χ1v) is 5.71. The van der Waals surface area contributed by atoms with Crippen molar-refractivity contribution in [2.75, 3.05) is 40.0 Å². The molecule has 0 spiro atoms. The number of hydrogen-bond acceptors (Lipinski definition) is 3. The summed E-state index contributed by atoms with van der Waals surface area (Å²) in [5.41, 5.74) is 0. The average molecular weight is 201 g/mol. The van der Waals surface area contributed by atoms with E-state index in [0.29, 0.717) is 13.2 Å². The lowest BCUT2D eigenvalue weighted by Gasteiger charge is -2.25. The minimum Gasteiger partial charge on any atom is -0.382 e. The van der Waals surface area contributed by atoms with Crippen molar-refractivity contribution >= 4 is 0 Å². The van der Waals surface area contributed by atoms with Gasteiger partial charge in [0.15, 0.2) is 0 Å². The first kappa shape index (κ1) is 12.0. The standard InChI is InChI=1S/C11H23NO2/c1-13-9-10-14-8-7-12-6-5-11-3-2-4-11/h11-12H,2-10H2,1H3. The SMILES string of the molecule is COCCOCCNCCC1CCC1. The highest BCUT2D eigenvalue weighted by Crippen LogP contribution is 2.28. The largest absolute Gasteiger partial charge is 0.382 e. The van der Waals surface area contributed by atoms with Gasteiger partial charge in [0.1, 0.15) is 0 Å². The van der Waals surface area contributed by atoms with Crippen LogP contribution < -0.4 is 5.32 Å². The van der Waals surface area contributed by atoms with E-state index in [1.807, 2.05) is 0 Å². The molecule has 1 fully saturated rings. The summed E-state index contributed by atoms with van der Waals surface area (Å²) in [6.45, 7) is 4.33. The fraction of sp³-hybridized carbons (Fsp3) is 1.00. The first-order valence-electron chi connectivity index (χ1n) is 5.71. The minimum absolute atomic E-state index is 0.697. The van der Waals surface area contributed by atoms with Gasteiger partial charge in [0.25, 0.3) is 0 Å². The van der Waals surface area contributed by atoms with Crippen LogP contribution in [0.1, 0.15) is 25.7 Å². The smallest absolute Gasteiger partial charge is 0.0700 e. The fourth-order valence-electron chi connectivity index (χ4n) is 1.60. The van der Waals surface area contributed by atoms with Gasteiger partial charge in [-0.15, -0.1) is 0 Å². The van der Waals surface area contributed by atoms with E-state index in [0.717, 1.165) is 25.6 Å². The Hall–Kier alpha value is -0.120. The molecule has 0 radical (unpaired) electrons. The van der Waals surface area contributed by atoms with Crippen molar-refractivity contribution in [1.82, 2.24) is 5.32 Å². The molecule has 1 rings (SSSR count). The van der Waals surface area contributed by atoms with Crippen molar-refractivity contribution in [3.05, 3.63) is 0 Å². The molecule has 0 aromatic heterocycles. The predicted molar refractivity (Wildman–Crippen MR) is 57.5 cm³/mol. The summed E-state index contributed by atoms with van der Waals surface area (Å²) in [6.07, 6.45) is 5.70. The highest BCUT2D eigenvalue weighted by atomic mass is 16.5. The van der Waals surface area contributed by atoms with Crippen LogP contribution in [0.25, 0.3) is 0 Å². The molecule has 0 saturated heterocycles. The van der Waals surface area contributed by atoms with Crippen molar-refractivity contribution in [3.63, 3.8) is 0 Å². The summed E-state index contributed by atoms with van der Waals surface area (Å²) in [7, 11) is 1.69. The highest BCUT2D eigenvalue weighted by molar-refractivity contribution is 4.70. The summed E-state index contributed by atoms with van der Waals surface area (Å²) < 4.78 is 10.2. The van der Waals surface area contributed by atoms with Crippen molar-refractivity contribution < 1.29 is 9.47 Å². The molecule has 0 aliphatic heterocycles. The lowest BCUT2D eigenvalue weighted by molar-refractivity contribution is 0.0718. The maximum atomic E-state index is 5.33. The van der Waals surface area contributed by atoms with Gasteiger partial charge in [0, 0.05) is 13.7 Å². The Morgan fingerprint density at radius 3 is 2.64 bits per heavy atom. The molecule has 14 heavy (non-hydrogen) atoms. The Kier molecular flexibility index (Phi) is 7.01. The molecule has 0 amide bonds.